The summed E-state index contributed by atoms with van der Waals surface area (Å²) in [5.41, 5.74) is 1.82. The summed E-state index contributed by atoms with van der Waals surface area (Å²) in [4.78, 5) is 39.8. The summed E-state index contributed by atoms with van der Waals surface area (Å²) in [5, 5.41) is 21.8. The van der Waals surface area contributed by atoms with Crippen LogP contribution in [0.4, 0.5) is 0 Å². The Balaban J connectivity index is 1.86. The van der Waals surface area contributed by atoms with Gasteiger partial charge in [-0.3, -0.25) is 15.0 Å². The van der Waals surface area contributed by atoms with E-state index in [9.17, 15) is 19.5 Å². The van der Waals surface area contributed by atoms with Gasteiger partial charge in [-0.1, -0.05) is 60.7 Å². The number of aliphatic carboxylic acids is 1. The highest BCUT2D eigenvalue weighted by molar-refractivity contribution is 5.96. The van der Waals surface area contributed by atoms with Gasteiger partial charge in [0.15, 0.2) is 0 Å². The number of rotatable bonds is 9. The Morgan fingerprint density at radius 3 is 2.03 bits per heavy atom. The summed E-state index contributed by atoms with van der Waals surface area (Å²) < 4.78 is 0. The molecule has 8 heteroatoms. The average molecular weight is 447 g/mol. The highest BCUT2D eigenvalue weighted by atomic mass is 16.4. The van der Waals surface area contributed by atoms with Crippen molar-refractivity contribution in [1.29, 1.82) is 5.41 Å². The normalized spacial score (nSPS) is 11.6. The van der Waals surface area contributed by atoms with Gasteiger partial charge in [0.05, 0.1) is 5.84 Å². The van der Waals surface area contributed by atoms with Crippen molar-refractivity contribution in [2.24, 2.45) is 0 Å². The second-order valence-corrected chi connectivity index (χ2v) is 7.62. The molecule has 0 bridgehead atoms. The van der Waals surface area contributed by atoms with Crippen LogP contribution in [-0.2, 0) is 4.79 Å². The van der Waals surface area contributed by atoms with Crippen molar-refractivity contribution in [3.63, 3.8) is 0 Å². The van der Waals surface area contributed by atoms with Crippen molar-refractivity contribution in [3.8, 4) is 0 Å². The van der Waals surface area contributed by atoms with E-state index in [1.165, 1.54) is 13.0 Å². The molecule has 1 heterocycles. The Kier molecular flexibility index (Phi) is 7.75. The topological polar surface area (TPSA) is 135 Å². The number of aromatic nitrogens is 1. The van der Waals surface area contributed by atoms with Crippen LogP contribution in [0.25, 0.3) is 0 Å². The van der Waals surface area contributed by atoms with E-state index >= 15 is 0 Å². The highest BCUT2D eigenvalue weighted by Gasteiger charge is 2.23. The van der Waals surface area contributed by atoms with Crippen LogP contribution >= 0.6 is 0 Å². The lowest BCUT2D eigenvalue weighted by Crippen LogP contribution is -2.44. The molecule has 0 spiro atoms. The minimum absolute atomic E-state index is 0.0668. The van der Waals surface area contributed by atoms with Crippen LogP contribution in [0, 0.1) is 5.41 Å². The van der Waals surface area contributed by atoms with Gasteiger partial charge in [0.2, 0.25) is 0 Å². The average Bonchev–Trinajstić information content (AvgIpc) is 2.79. The molecule has 1 atom stereocenters. The van der Waals surface area contributed by atoms with E-state index in [1.54, 1.807) is 6.07 Å². The number of pyridine rings is 1. The zero-order valence-corrected chi connectivity index (χ0v) is 18.2. The number of amidine groups is 1. The highest BCUT2D eigenvalue weighted by Crippen LogP contribution is 2.30. The second-order valence-electron chi connectivity index (χ2n) is 7.62. The quantitative estimate of drug-likeness (QED) is 0.254. The molecule has 0 fully saturated rings. The summed E-state index contributed by atoms with van der Waals surface area (Å²) in [6.07, 6.45) is 0.0668. The molecule has 33 heavy (non-hydrogen) atoms. The van der Waals surface area contributed by atoms with Gasteiger partial charge in [-0.15, -0.1) is 0 Å². The van der Waals surface area contributed by atoms with Crippen LogP contribution in [0.1, 0.15) is 46.4 Å². The third-order valence-electron chi connectivity index (χ3n) is 5.18. The number of amides is 1. The van der Waals surface area contributed by atoms with E-state index in [-0.39, 0.29) is 30.3 Å². The zero-order valence-electron chi connectivity index (χ0n) is 18.2. The lowest BCUT2D eigenvalue weighted by molar-refractivity contribution is -0.139. The number of carbonyl (C=O) groups is 2. The standard InChI is InChI=1S/C25H26N4O4/c1-16(26)27-15-14-21(25(32)33)29-24(31)19-12-13-20(28-23(19)30)22(17-8-4-2-5-9-17)18-10-6-3-7-11-18/h2-13,21-22H,14-15H2,1H3,(H2,26,27)(H,28,30)(H,29,31)(H,32,33)/t21-/m0/s1. The van der Waals surface area contributed by atoms with Crippen LogP contribution < -0.4 is 16.2 Å². The van der Waals surface area contributed by atoms with Crippen molar-refractivity contribution in [2.75, 3.05) is 6.54 Å². The van der Waals surface area contributed by atoms with E-state index < -0.39 is 23.5 Å². The summed E-state index contributed by atoms with van der Waals surface area (Å²) >= 11 is 0. The van der Waals surface area contributed by atoms with Crippen LogP contribution in [-0.4, -0.2) is 40.4 Å². The summed E-state index contributed by atoms with van der Waals surface area (Å²) in [7, 11) is 0. The minimum atomic E-state index is -1.21. The molecule has 170 valence electrons. The number of aromatic amines is 1. The third kappa shape index (κ3) is 6.16. The molecule has 0 radical (unpaired) electrons. The number of carboxylic acid groups (broad SMARTS) is 1. The zero-order chi connectivity index (χ0) is 23.8. The molecule has 0 aliphatic heterocycles. The largest absolute Gasteiger partial charge is 0.480 e. The Morgan fingerprint density at radius 1 is 0.970 bits per heavy atom. The lowest BCUT2D eigenvalue weighted by Gasteiger charge is -2.19. The maximum atomic E-state index is 12.8. The predicted molar refractivity (Wildman–Crippen MR) is 126 cm³/mol. The number of hydrogen-bond donors (Lipinski definition) is 5. The SMILES string of the molecule is CC(=N)NCC[C@H](NC(=O)c1ccc(C(c2ccccc2)c2ccccc2)[nH]c1=O)C(=O)O. The molecule has 8 nitrogen and oxygen atoms in total. The Morgan fingerprint density at radius 2 is 1.55 bits per heavy atom. The Labute approximate surface area is 191 Å². The van der Waals surface area contributed by atoms with Crippen LogP contribution in [0.3, 0.4) is 0 Å². The predicted octanol–water partition coefficient (Wildman–Crippen LogP) is 2.71. The van der Waals surface area contributed by atoms with E-state index in [4.69, 9.17) is 5.41 Å². The van der Waals surface area contributed by atoms with E-state index in [0.29, 0.717) is 5.69 Å². The van der Waals surface area contributed by atoms with Crippen LogP contribution in [0.2, 0.25) is 0 Å². The number of carboxylic acids is 1. The fourth-order valence-corrected chi connectivity index (χ4v) is 3.58. The van der Waals surface area contributed by atoms with Crippen LogP contribution in [0.15, 0.2) is 77.6 Å². The lowest BCUT2D eigenvalue weighted by atomic mass is 9.88. The maximum Gasteiger partial charge on any atom is 0.326 e. The first-order chi connectivity index (χ1) is 15.9. The Hall–Kier alpha value is -4.20. The summed E-state index contributed by atoms with van der Waals surface area (Å²) in [6.45, 7) is 1.74. The molecule has 0 aliphatic rings. The number of carbonyl (C=O) groups excluding carboxylic acids is 1. The third-order valence-corrected chi connectivity index (χ3v) is 5.18. The number of hydrogen-bond acceptors (Lipinski definition) is 4. The summed E-state index contributed by atoms with van der Waals surface area (Å²) in [5.74, 6) is -2.02. The molecule has 2 aromatic carbocycles. The van der Waals surface area contributed by atoms with Gasteiger partial charge < -0.3 is 20.7 Å². The molecule has 3 rings (SSSR count). The van der Waals surface area contributed by atoms with Gasteiger partial charge in [0, 0.05) is 18.2 Å². The maximum absolute atomic E-state index is 12.8. The van der Waals surface area contributed by atoms with E-state index in [0.717, 1.165) is 11.1 Å². The monoisotopic (exact) mass is 446 g/mol. The number of benzene rings is 2. The minimum Gasteiger partial charge on any atom is -0.480 e. The molecule has 3 aromatic rings. The number of nitrogens with one attached hydrogen (secondary N) is 4. The molecular formula is C25H26N4O4. The van der Waals surface area contributed by atoms with Crippen molar-refractivity contribution in [3.05, 3.63) is 106 Å². The van der Waals surface area contributed by atoms with Gasteiger partial charge in [-0.05, 0) is 36.6 Å². The molecule has 5 N–H and O–H groups in total. The van der Waals surface area contributed by atoms with Gasteiger partial charge in [0.25, 0.3) is 11.5 Å². The van der Waals surface area contributed by atoms with Crippen molar-refractivity contribution in [1.82, 2.24) is 15.6 Å². The van der Waals surface area contributed by atoms with Crippen LogP contribution in [0.5, 0.6) is 0 Å². The van der Waals surface area contributed by atoms with Gasteiger partial charge in [0.1, 0.15) is 11.6 Å². The van der Waals surface area contributed by atoms with Gasteiger partial charge >= 0.3 is 5.97 Å². The fraction of sp³-hybridized carbons (Fsp3) is 0.200. The molecule has 1 aromatic heterocycles. The molecule has 0 unspecified atom stereocenters. The summed E-state index contributed by atoms with van der Waals surface area (Å²) in [6, 6.07) is 21.3. The molecular weight excluding hydrogens is 420 g/mol. The molecule has 0 saturated heterocycles. The van der Waals surface area contributed by atoms with Crippen molar-refractivity contribution in [2.45, 2.75) is 25.3 Å². The van der Waals surface area contributed by atoms with Gasteiger partial charge in [-0.2, -0.15) is 0 Å². The van der Waals surface area contributed by atoms with Gasteiger partial charge in [-0.25, -0.2) is 4.79 Å². The molecule has 1 amide bonds. The van der Waals surface area contributed by atoms with Crippen molar-refractivity contribution < 1.29 is 14.7 Å². The number of H-pyrrole nitrogens is 1. The molecule has 0 saturated carbocycles. The van der Waals surface area contributed by atoms with E-state index in [1.807, 2.05) is 60.7 Å². The first kappa shape index (κ1) is 23.5. The smallest absolute Gasteiger partial charge is 0.326 e. The first-order valence-electron chi connectivity index (χ1n) is 10.5. The van der Waals surface area contributed by atoms with E-state index in [2.05, 4.69) is 15.6 Å². The first-order valence-corrected chi connectivity index (χ1v) is 10.5. The fourth-order valence-electron chi connectivity index (χ4n) is 3.58. The molecule has 0 aliphatic carbocycles. The Bertz CT molecular complexity index is 1140. The van der Waals surface area contributed by atoms with Crippen molar-refractivity contribution >= 4 is 17.7 Å². The second kappa shape index (κ2) is 10.9.